The Bertz CT molecular complexity index is 973. The first kappa shape index (κ1) is 18.3. The number of carbonyl (C=O) groups excluding carboxylic acids is 1. The minimum Gasteiger partial charge on any atom is -0.386 e. The average molecular weight is 373 g/mol. The van der Waals surface area contributed by atoms with Crippen molar-refractivity contribution in [2.75, 3.05) is 13.1 Å². The fourth-order valence-electron chi connectivity index (χ4n) is 3.37. The van der Waals surface area contributed by atoms with Crippen molar-refractivity contribution < 1.29 is 9.90 Å². The summed E-state index contributed by atoms with van der Waals surface area (Å²) in [7, 11) is 0. The van der Waals surface area contributed by atoms with E-state index in [0.29, 0.717) is 24.6 Å². The summed E-state index contributed by atoms with van der Waals surface area (Å²) in [5.74, 6) is 0.363. The highest BCUT2D eigenvalue weighted by atomic mass is 16.3. The highest BCUT2D eigenvalue weighted by molar-refractivity contribution is 5.95. The van der Waals surface area contributed by atoms with Crippen LogP contribution in [-0.2, 0) is 5.60 Å². The van der Waals surface area contributed by atoms with Gasteiger partial charge >= 0.3 is 0 Å². The van der Waals surface area contributed by atoms with Crippen molar-refractivity contribution in [3.63, 3.8) is 0 Å². The molecule has 0 bridgehead atoms. The largest absolute Gasteiger partial charge is 0.386 e. The van der Waals surface area contributed by atoms with Gasteiger partial charge in [-0.25, -0.2) is 0 Å². The van der Waals surface area contributed by atoms with Crippen LogP contribution in [0, 0.1) is 0 Å². The summed E-state index contributed by atoms with van der Waals surface area (Å²) in [6.45, 7) is 4.88. The van der Waals surface area contributed by atoms with E-state index in [4.69, 9.17) is 0 Å². The van der Waals surface area contributed by atoms with E-state index in [-0.39, 0.29) is 5.91 Å². The van der Waals surface area contributed by atoms with Crippen LogP contribution < -0.4 is 0 Å². The number of carbonyl (C=O) groups is 1. The molecule has 28 heavy (non-hydrogen) atoms. The lowest BCUT2D eigenvalue weighted by atomic mass is 9.94. The van der Waals surface area contributed by atoms with Crippen molar-refractivity contribution in [2.45, 2.75) is 25.4 Å². The molecule has 0 unspecified atom stereocenters. The summed E-state index contributed by atoms with van der Waals surface area (Å²) in [5, 5.41) is 10.2. The number of rotatable bonds is 4. The van der Waals surface area contributed by atoms with Crippen LogP contribution in [-0.4, -0.2) is 39.0 Å². The van der Waals surface area contributed by atoms with Gasteiger partial charge in [0.1, 0.15) is 0 Å². The quantitative estimate of drug-likeness (QED) is 0.759. The smallest absolute Gasteiger partial charge is 0.253 e. The first-order valence-electron chi connectivity index (χ1n) is 9.40. The lowest BCUT2D eigenvalue weighted by molar-refractivity contribution is 0.0598. The summed E-state index contributed by atoms with van der Waals surface area (Å²) in [6, 6.07) is 15.4. The van der Waals surface area contributed by atoms with Crippen molar-refractivity contribution >= 4 is 5.91 Å². The van der Waals surface area contributed by atoms with Crippen molar-refractivity contribution in [1.29, 1.82) is 0 Å². The number of pyridine rings is 2. The Morgan fingerprint density at radius 3 is 2.46 bits per heavy atom. The van der Waals surface area contributed by atoms with Crippen LogP contribution in [0.4, 0.5) is 0 Å². The molecular weight excluding hydrogens is 350 g/mol. The van der Waals surface area contributed by atoms with Gasteiger partial charge in [-0.2, -0.15) is 0 Å². The van der Waals surface area contributed by atoms with Gasteiger partial charge in [0.25, 0.3) is 5.91 Å². The maximum absolute atomic E-state index is 12.7. The summed E-state index contributed by atoms with van der Waals surface area (Å²) in [6.07, 6.45) is 5.22. The second kappa shape index (κ2) is 7.17. The van der Waals surface area contributed by atoms with Crippen molar-refractivity contribution in [3.8, 4) is 11.1 Å². The van der Waals surface area contributed by atoms with E-state index < -0.39 is 5.60 Å². The third-order valence-electron chi connectivity index (χ3n) is 5.18. The minimum absolute atomic E-state index is 0.0436. The molecule has 0 atom stereocenters. The van der Waals surface area contributed by atoms with E-state index in [1.807, 2.05) is 53.4 Å². The maximum Gasteiger partial charge on any atom is 0.253 e. The number of benzene rings is 1. The zero-order chi connectivity index (χ0) is 19.7. The van der Waals surface area contributed by atoms with Crippen LogP contribution in [0.1, 0.15) is 41.4 Å². The number of aromatic nitrogens is 2. The molecule has 1 N–H and O–H groups in total. The van der Waals surface area contributed by atoms with Gasteiger partial charge in [-0.05, 0) is 49.7 Å². The predicted molar refractivity (Wildman–Crippen MR) is 108 cm³/mol. The summed E-state index contributed by atoms with van der Waals surface area (Å²) < 4.78 is 0. The molecule has 0 aliphatic carbocycles. The molecule has 2 aromatic heterocycles. The first-order chi connectivity index (χ1) is 13.4. The van der Waals surface area contributed by atoms with E-state index in [2.05, 4.69) is 9.97 Å². The predicted octanol–water partition coefficient (Wildman–Crippen LogP) is 3.61. The second-order valence-electron chi connectivity index (χ2n) is 7.76. The third kappa shape index (κ3) is 3.66. The molecule has 1 fully saturated rings. The monoisotopic (exact) mass is 373 g/mol. The standard InChI is InChI=1S/C23H23N3O2/c1-23(2,28)20-11-18(12-24-13-20)16-6-8-17(9-7-16)22(27)26-14-19(15-26)21-5-3-4-10-25-21/h3-13,19,28H,14-15H2,1-2H3. The van der Waals surface area contributed by atoms with Gasteiger partial charge in [0, 0.05) is 60.0 Å². The molecule has 0 saturated carbocycles. The third-order valence-corrected chi connectivity index (χ3v) is 5.18. The van der Waals surface area contributed by atoms with Gasteiger partial charge in [-0.15, -0.1) is 0 Å². The van der Waals surface area contributed by atoms with E-state index in [0.717, 1.165) is 22.4 Å². The Hall–Kier alpha value is -3.05. The minimum atomic E-state index is -0.944. The Morgan fingerprint density at radius 2 is 1.82 bits per heavy atom. The molecule has 5 nitrogen and oxygen atoms in total. The van der Waals surface area contributed by atoms with Gasteiger partial charge in [0.05, 0.1) is 5.60 Å². The van der Waals surface area contributed by atoms with Gasteiger partial charge in [-0.1, -0.05) is 18.2 Å². The molecule has 0 spiro atoms. The Kier molecular flexibility index (Phi) is 4.69. The first-order valence-corrected chi connectivity index (χ1v) is 9.40. The van der Waals surface area contributed by atoms with Crippen LogP contribution in [0.5, 0.6) is 0 Å². The SMILES string of the molecule is CC(C)(O)c1cncc(-c2ccc(C(=O)N3CC(c4ccccn4)C3)cc2)c1. The summed E-state index contributed by atoms with van der Waals surface area (Å²) in [5.41, 5.74) is 3.41. The maximum atomic E-state index is 12.7. The van der Waals surface area contributed by atoms with E-state index >= 15 is 0 Å². The second-order valence-corrected chi connectivity index (χ2v) is 7.76. The zero-order valence-electron chi connectivity index (χ0n) is 16.0. The highest BCUT2D eigenvalue weighted by Gasteiger charge is 2.32. The van der Waals surface area contributed by atoms with Crippen LogP contribution in [0.2, 0.25) is 0 Å². The van der Waals surface area contributed by atoms with Crippen LogP contribution in [0.15, 0.2) is 67.1 Å². The number of likely N-dealkylation sites (tertiary alicyclic amines) is 1. The van der Waals surface area contributed by atoms with E-state index in [9.17, 15) is 9.90 Å². The highest BCUT2D eigenvalue weighted by Crippen LogP contribution is 2.28. The molecule has 142 valence electrons. The summed E-state index contributed by atoms with van der Waals surface area (Å²) >= 11 is 0. The fraction of sp³-hybridized carbons (Fsp3) is 0.261. The number of nitrogens with zero attached hydrogens (tertiary/aromatic N) is 3. The normalized spacial score (nSPS) is 14.6. The molecule has 3 heterocycles. The molecule has 1 aliphatic heterocycles. The molecule has 5 heteroatoms. The molecular formula is C23H23N3O2. The molecule has 4 rings (SSSR count). The lowest BCUT2D eigenvalue weighted by Gasteiger charge is -2.39. The Morgan fingerprint density at radius 1 is 1.07 bits per heavy atom. The van der Waals surface area contributed by atoms with E-state index in [1.54, 1.807) is 32.4 Å². The van der Waals surface area contributed by atoms with Crippen molar-refractivity contribution in [3.05, 3.63) is 83.9 Å². The van der Waals surface area contributed by atoms with Crippen molar-refractivity contribution in [1.82, 2.24) is 14.9 Å². The van der Waals surface area contributed by atoms with Crippen LogP contribution in [0.3, 0.4) is 0 Å². The number of hydrogen-bond donors (Lipinski definition) is 1. The molecule has 1 saturated heterocycles. The molecule has 1 aromatic carbocycles. The zero-order valence-corrected chi connectivity index (χ0v) is 16.0. The van der Waals surface area contributed by atoms with Gasteiger partial charge in [0.15, 0.2) is 0 Å². The Balaban J connectivity index is 1.45. The van der Waals surface area contributed by atoms with Crippen molar-refractivity contribution in [2.24, 2.45) is 0 Å². The van der Waals surface area contributed by atoms with Gasteiger partial charge < -0.3 is 10.0 Å². The molecule has 1 amide bonds. The molecule has 1 aliphatic rings. The van der Waals surface area contributed by atoms with Crippen LogP contribution >= 0.6 is 0 Å². The van der Waals surface area contributed by atoms with E-state index in [1.165, 1.54) is 0 Å². The topological polar surface area (TPSA) is 66.3 Å². The average Bonchev–Trinajstić information content (AvgIpc) is 2.67. The van der Waals surface area contributed by atoms with Crippen LogP contribution in [0.25, 0.3) is 11.1 Å². The Labute approximate surface area is 164 Å². The number of hydrogen-bond acceptors (Lipinski definition) is 4. The number of aliphatic hydroxyl groups is 1. The summed E-state index contributed by atoms with van der Waals surface area (Å²) in [4.78, 5) is 23.2. The van der Waals surface area contributed by atoms with Gasteiger partial charge in [-0.3, -0.25) is 14.8 Å². The number of amides is 1. The molecule has 0 radical (unpaired) electrons. The van der Waals surface area contributed by atoms with Gasteiger partial charge in [0.2, 0.25) is 0 Å². The molecule has 3 aromatic rings. The lowest BCUT2D eigenvalue weighted by Crippen LogP contribution is -2.48. The fourth-order valence-corrected chi connectivity index (χ4v) is 3.37.